The number of hydrogen-bond donors (Lipinski definition) is 1. The molecule has 0 saturated heterocycles. The van der Waals surface area contributed by atoms with Gasteiger partial charge >= 0.3 is 0 Å². The maximum Gasteiger partial charge on any atom is 0.261 e. The molecule has 2 aromatic rings. The molecule has 0 unspecified atom stereocenters. The standard InChI is InChI=1S/C21H26ClNO2/c1-4-19(25-20-13-9-8-12-17(20)22)21(24)23-18(14-15(2)3)16-10-6-5-7-11-16/h5-13,15,18-19H,4,14H2,1-3H3,(H,23,24)/t18-,19-/m0/s1. The minimum atomic E-state index is -0.571. The van der Waals surface area contributed by atoms with Crippen molar-refractivity contribution in [1.29, 1.82) is 0 Å². The summed E-state index contributed by atoms with van der Waals surface area (Å²) in [6, 6.07) is 17.2. The first-order valence-corrected chi connectivity index (χ1v) is 9.15. The van der Waals surface area contributed by atoms with E-state index >= 15 is 0 Å². The van der Waals surface area contributed by atoms with Crippen LogP contribution in [-0.2, 0) is 4.79 Å². The maximum absolute atomic E-state index is 12.8. The fourth-order valence-electron chi connectivity index (χ4n) is 2.72. The van der Waals surface area contributed by atoms with Gasteiger partial charge in [0, 0.05) is 0 Å². The Balaban J connectivity index is 2.11. The van der Waals surface area contributed by atoms with Gasteiger partial charge in [0.25, 0.3) is 5.91 Å². The Hall–Kier alpha value is -2.00. The Morgan fingerprint density at radius 1 is 1.08 bits per heavy atom. The van der Waals surface area contributed by atoms with Crippen molar-refractivity contribution in [3.05, 3.63) is 65.2 Å². The molecule has 3 nitrogen and oxygen atoms in total. The number of halogens is 1. The van der Waals surface area contributed by atoms with Crippen molar-refractivity contribution in [2.75, 3.05) is 0 Å². The lowest BCUT2D eigenvalue weighted by Gasteiger charge is -2.24. The zero-order valence-corrected chi connectivity index (χ0v) is 15.8. The fourth-order valence-corrected chi connectivity index (χ4v) is 2.90. The summed E-state index contributed by atoms with van der Waals surface area (Å²) >= 11 is 6.14. The van der Waals surface area contributed by atoms with Crippen molar-refractivity contribution in [1.82, 2.24) is 5.32 Å². The molecular formula is C21H26ClNO2. The first-order chi connectivity index (χ1) is 12.0. The van der Waals surface area contributed by atoms with Gasteiger partial charge in [0.05, 0.1) is 11.1 Å². The molecule has 134 valence electrons. The van der Waals surface area contributed by atoms with E-state index in [-0.39, 0.29) is 11.9 Å². The van der Waals surface area contributed by atoms with E-state index in [0.29, 0.717) is 23.1 Å². The maximum atomic E-state index is 12.8. The van der Waals surface area contributed by atoms with Gasteiger partial charge in [-0.15, -0.1) is 0 Å². The lowest BCUT2D eigenvalue weighted by atomic mass is 9.96. The predicted molar refractivity (Wildman–Crippen MR) is 103 cm³/mol. The van der Waals surface area contributed by atoms with Gasteiger partial charge in [0.15, 0.2) is 6.10 Å². The quantitative estimate of drug-likeness (QED) is 0.685. The van der Waals surface area contributed by atoms with Crippen molar-refractivity contribution in [3.63, 3.8) is 0 Å². The van der Waals surface area contributed by atoms with E-state index in [1.807, 2.05) is 49.4 Å². The third-order valence-corrected chi connectivity index (χ3v) is 4.31. The zero-order chi connectivity index (χ0) is 18.2. The van der Waals surface area contributed by atoms with Crippen LogP contribution in [0.3, 0.4) is 0 Å². The number of para-hydroxylation sites is 1. The number of carbonyl (C=O) groups excluding carboxylic acids is 1. The summed E-state index contributed by atoms with van der Waals surface area (Å²) < 4.78 is 5.85. The van der Waals surface area contributed by atoms with Crippen LogP contribution in [0.4, 0.5) is 0 Å². The van der Waals surface area contributed by atoms with Gasteiger partial charge in [-0.2, -0.15) is 0 Å². The Kier molecular flexibility index (Phi) is 7.32. The molecule has 0 aliphatic rings. The number of carbonyl (C=O) groups is 1. The van der Waals surface area contributed by atoms with E-state index in [9.17, 15) is 4.79 Å². The summed E-state index contributed by atoms with van der Waals surface area (Å²) in [4.78, 5) is 12.8. The molecule has 0 aromatic heterocycles. The minimum Gasteiger partial charge on any atom is -0.479 e. The van der Waals surface area contributed by atoms with Crippen molar-refractivity contribution >= 4 is 17.5 Å². The first kappa shape index (κ1) is 19.3. The number of nitrogens with one attached hydrogen (secondary N) is 1. The Bertz CT molecular complexity index is 673. The lowest BCUT2D eigenvalue weighted by molar-refractivity contribution is -0.129. The SMILES string of the molecule is CC[C@H](Oc1ccccc1Cl)C(=O)N[C@@H](CC(C)C)c1ccccc1. The van der Waals surface area contributed by atoms with Crippen molar-refractivity contribution in [3.8, 4) is 5.75 Å². The van der Waals surface area contributed by atoms with Crippen LogP contribution in [0, 0.1) is 5.92 Å². The van der Waals surface area contributed by atoms with Crippen LogP contribution in [0.25, 0.3) is 0 Å². The molecule has 0 radical (unpaired) electrons. The molecule has 0 bridgehead atoms. The van der Waals surface area contributed by atoms with E-state index in [2.05, 4.69) is 19.2 Å². The number of ether oxygens (including phenoxy) is 1. The third kappa shape index (κ3) is 5.79. The second kappa shape index (κ2) is 9.47. The molecule has 0 aliphatic carbocycles. The fraction of sp³-hybridized carbons (Fsp3) is 0.381. The number of rotatable bonds is 8. The van der Waals surface area contributed by atoms with Crippen molar-refractivity contribution < 1.29 is 9.53 Å². The van der Waals surface area contributed by atoms with E-state index in [0.717, 1.165) is 12.0 Å². The van der Waals surface area contributed by atoms with Crippen molar-refractivity contribution in [2.24, 2.45) is 5.92 Å². The van der Waals surface area contributed by atoms with Gasteiger partial charge in [0.2, 0.25) is 0 Å². The van der Waals surface area contributed by atoms with E-state index in [4.69, 9.17) is 16.3 Å². The second-order valence-electron chi connectivity index (χ2n) is 6.55. The molecule has 2 rings (SSSR count). The molecule has 4 heteroatoms. The van der Waals surface area contributed by atoms with Gasteiger partial charge in [-0.3, -0.25) is 4.79 Å². The summed E-state index contributed by atoms with van der Waals surface area (Å²) in [6.07, 6.45) is 0.872. The topological polar surface area (TPSA) is 38.3 Å². The highest BCUT2D eigenvalue weighted by molar-refractivity contribution is 6.32. The first-order valence-electron chi connectivity index (χ1n) is 8.77. The Morgan fingerprint density at radius 3 is 2.32 bits per heavy atom. The number of benzene rings is 2. The Labute approximate surface area is 155 Å². The summed E-state index contributed by atoms with van der Waals surface area (Å²) in [5, 5.41) is 3.66. The van der Waals surface area contributed by atoms with Crippen LogP contribution < -0.4 is 10.1 Å². The molecule has 0 spiro atoms. The van der Waals surface area contributed by atoms with Crippen LogP contribution >= 0.6 is 11.6 Å². The molecule has 1 N–H and O–H groups in total. The molecule has 0 heterocycles. The Morgan fingerprint density at radius 2 is 1.72 bits per heavy atom. The van der Waals surface area contributed by atoms with Gasteiger partial charge < -0.3 is 10.1 Å². The van der Waals surface area contributed by atoms with Crippen LogP contribution in [0.5, 0.6) is 5.75 Å². The lowest BCUT2D eigenvalue weighted by Crippen LogP contribution is -2.40. The summed E-state index contributed by atoms with van der Waals surface area (Å²) in [7, 11) is 0. The smallest absolute Gasteiger partial charge is 0.261 e. The average Bonchev–Trinajstić information content (AvgIpc) is 2.60. The largest absolute Gasteiger partial charge is 0.479 e. The molecule has 0 fully saturated rings. The average molecular weight is 360 g/mol. The van der Waals surface area contributed by atoms with Gasteiger partial charge in [0.1, 0.15) is 5.75 Å². The summed E-state index contributed by atoms with van der Waals surface area (Å²) in [5.74, 6) is 0.887. The van der Waals surface area contributed by atoms with E-state index in [1.165, 1.54) is 0 Å². The molecule has 0 aliphatic heterocycles. The molecule has 25 heavy (non-hydrogen) atoms. The van der Waals surface area contributed by atoms with Crippen LogP contribution in [0.15, 0.2) is 54.6 Å². The van der Waals surface area contributed by atoms with Crippen LogP contribution in [-0.4, -0.2) is 12.0 Å². The third-order valence-electron chi connectivity index (χ3n) is 3.99. The normalized spacial score (nSPS) is 13.3. The van der Waals surface area contributed by atoms with Crippen LogP contribution in [0.2, 0.25) is 5.02 Å². The zero-order valence-electron chi connectivity index (χ0n) is 15.0. The summed E-state index contributed by atoms with van der Waals surface area (Å²) in [5.41, 5.74) is 1.11. The highest BCUT2D eigenvalue weighted by Gasteiger charge is 2.23. The van der Waals surface area contributed by atoms with Gasteiger partial charge in [-0.1, -0.05) is 74.8 Å². The van der Waals surface area contributed by atoms with E-state index < -0.39 is 6.10 Å². The van der Waals surface area contributed by atoms with Gasteiger partial charge in [-0.25, -0.2) is 0 Å². The van der Waals surface area contributed by atoms with Crippen LogP contribution in [0.1, 0.15) is 45.2 Å². The predicted octanol–water partition coefficient (Wildman–Crippen LogP) is 5.40. The van der Waals surface area contributed by atoms with E-state index in [1.54, 1.807) is 12.1 Å². The molecule has 2 atom stereocenters. The van der Waals surface area contributed by atoms with Gasteiger partial charge in [-0.05, 0) is 36.5 Å². The highest BCUT2D eigenvalue weighted by Crippen LogP contribution is 2.26. The number of amides is 1. The highest BCUT2D eigenvalue weighted by atomic mass is 35.5. The molecule has 1 amide bonds. The molecule has 0 saturated carbocycles. The monoisotopic (exact) mass is 359 g/mol. The second-order valence-corrected chi connectivity index (χ2v) is 6.95. The summed E-state index contributed by atoms with van der Waals surface area (Å²) in [6.45, 7) is 6.24. The molecular weight excluding hydrogens is 334 g/mol. The minimum absolute atomic E-state index is 0.0300. The van der Waals surface area contributed by atoms with Crippen molar-refractivity contribution in [2.45, 2.75) is 45.8 Å². The molecule has 2 aromatic carbocycles. The number of hydrogen-bond acceptors (Lipinski definition) is 2.